The number of nitrogens with two attached hydrogens (primary N) is 1. The van der Waals surface area contributed by atoms with Crippen molar-refractivity contribution < 1.29 is 4.79 Å². The lowest BCUT2D eigenvalue weighted by molar-refractivity contribution is -0.128. The van der Waals surface area contributed by atoms with Crippen LogP contribution in [0.15, 0.2) is 22.7 Å². The zero-order valence-electron chi connectivity index (χ0n) is 9.95. The lowest BCUT2D eigenvalue weighted by Gasteiger charge is -2.17. The van der Waals surface area contributed by atoms with Crippen molar-refractivity contribution in [3.8, 4) is 0 Å². The van der Waals surface area contributed by atoms with Crippen LogP contribution in [-0.2, 0) is 11.3 Å². The van der Waals surface area contributed by atoms with Gasteiger partial charge in [-0.3, -0.25) is 4.79 Å². The largest absolute Gasteiger partial charge is 0.398 e. The molecule has 0 spiro atoms. The van der Waals surface area contributed by atoms with Crippen LogP contribution in [0.3, 0.4) is 0 Å². The minimum absolute atomic E-state index is 0.249. The Kier molecular flexibility index (Phi) is 3.72. The van der Waals surface area contributed by atoms with Gasteiger partial charge in [-0.05, 0) is 23.6 Å². The molecule has 2 N–H and O–H groups in total. The normalized spacial score (nSPS) is 20.0. The summed E-state index contributed by atoms with van der Waals surface area (Å²) in [5.74, 6) is 0.762. The monoisotopic (exact) mass is 296 g/mol. The molecule has 0 saturated carbocycles. The number of likely N-dealkylation sites (tertiary alicyclic amines) is 1. The van der Waals surface area contributed by atoms with Gasteiger partial charge in [0.15, 0.2) is 0 Å². The highest BCUT2D eigenvalue weighted by atomic mass is 79.9. The lowest BCUT2D eigenvalue weighted by atomic mass is 10.1. The van der Waals surface area contributed by atoms with Gasteiger partial charge in [0.25, 0.3) is 0 Å². The SMILES string of the molecule is CCC1CC(=O)N(Cc2ccc(Br)cc2N)C1. The Morgan fingerprint density at radius 1 is 1.53 bits per heavy atom. The number of carbonyl (C=O) groups is 1. The summed E-state index contributed by atoms with van der Waals surface area (Å²) in [6, 6.07) is 5.82. The Morgan fingerprint density at radius 3 is 2.88 bits per heavy atom. The molecule has 0 bridgehead atoms. The van der Waals surface area contributed by atoms with Crippen LogP contribution in [0.2, 0.25) is 0 Å². The predicted molar refractivity (Wildman–Crippen MR) is 72.4 cm³/mol. The summed E-state index contributed by atoms with van der Waals surface area (Å²) in [5, 5.41) is 0. The van der Waals surface area contributed by atoms with Gasteiger partial charge in [0.2, 0.25) is 5.91 Å². The van der Waals surface area contributed by atoms with Crippen LogP contribution >= 0.6 is 15.9 Å². The number of nitrogen functional groups attached to an aromatic ring is 1. The fraction of sp³-hybridized carbons (Fsp3) is 0.462. The van der Waals surface area contributed by atoms with Crippen molar-refractivity contribution in [3.63, 3.8) is 0 Å². The Balaban J connectivity index is 2.08. The van der Waals surface area contributed by atoms with E-state index in [1.54, 1.807) is 0 Å². The highest BCUT2D eigenvalue weighted by molar-refractivity contribution is 9.10. The van der Waals surface area contributed by atoms with Gasteiger partial charge in [0.05, 0.1) is 0 Å². The minimum Gasteiger partial charge on any atom is -0.398 e. The van der Waals surface area contributed by atoms with Crippen molar-refractivity contribution in [2.24, 2.45) is 5.92 Å². The second kappa shape index (κ2) is 5.08. The van der Waals surface area contributed by atoms with Crippen molar-refractivity contribution in [3.05, 3.63) is 28.2 Å². The molecule has 1 aromatic carbocycles. The van der Waals surface area contributed by atoms with Gasteiger partial charge in [-0.15, -0.1) is 0 Å². The number of amides is 1. The molecule has 1 aromatic rings. The number of carbonyl (C=O) groups excluding carboxylic acids is 1. The number of halogens is 1. The van der Waals surface area contributed by atoms with E-state index in [1.807, 2.05) is 23.1 Å². The first kappa shape index (κ1) is 12.4. The Labute approximate surface area is 110 Å². The molecule has 0 aliphatic carbocycles. The van der Waals surface area contributed by atoms with Crippen LogP contribution in [0.5, 0.6) is 0 Å². The molecule has 1 saturated heterocycles. The summed E-state index contributed by atoms with van der Waals surface area (Å²) in [4.78, 5) is 13.7. The number of rotatable bonds is 3. The second-order valence-corrected chi connectivity index (χ2v) is 5.51. The number of benzene rings is 1. The summed E-state index contributed by atoms with van der Waals surface area (Å²) in [7, 11) is 0. The summed E-state index contributed by atoms with van der Waals surface area (Å²) in [5.41, 5.74) is 7.71. The Hall–Kier alpha value is -1.03. The molecule has 0 radical (unpaired) electrons. The van der Waals surface area contributed by atoms with E-state index in [-0.39, 0.29) is 5.91 Å². The maximum absolute atomic E-state index is 11.8. The third-order valence-electron chi connectivity index (χ3n) is 3.34. The minimum atomic E-state index is 0.249. The van der Waals surface area contributed by atoms with Gasteiger partial charge in [-0.25, -0.2) is 0 Å². The van der Waals surface area contributed by atoms with Crippen LogP contribution < -0.4 is 5.73 Å². The van der Waals surface area contributed by atoms with Crippen LogP contribution in [0.4, 0.5) is 5.69 Å². The highest BCUT2D eigenvalue weighted by Gasteiger charge is 2.28. The topological polar surface area (TPSA) is 46.3 Å². The van der Waals surface area contributed by atoms with Crippen LogP contribution in [0.1, 0.15) is 25.3 Å². The third kappa shape index (κ3) is 2.80. The smallest absolute Gasteiger partial charge is 0.223 e. The molecule has 3 nitrogen and oxygen atoms in total. The van der Waals surface area contributed by atoms with Crippen LogP contribution in [-0.4, -0.2) is 17.4 Å². The molecule has 17 heavy (non-hydrogen) atoms. The molecule has 1 atom stereocenters. The Bertz CT molecular complexity index is 433. The zero-order chi connectivity index (χ0) is 12.4. The summed E-state index contributed by atoms with van der Waals surface area (Å²) < 4.78 is 0.970. The average molecular weight is 297 g/mol. The van der Waals surface area contributed by atoms with E-state index < -0.39 is 0 Å². The van der Waals surface area contributed by atoms with E-state index in [1.165, 1.54) is 0 Å². The third-order valence-corrected chi connectivity index (χ3v) is 3.83. The fourth-order valence-corrected chi connectivity index (χ4v) is 2.57. The summed E-state index contributed by atoms with van der Waals surface area (Å²) >= 11 is 3.38. The summed E-state index contributed by atoms with van der Waals surface area (Å²) in [6.45, 7) is 3.63. The number of nitrogens with zero attached hydrogens (tertiary/aromatic N) is 1. The molecular weight excluding hydrogens is 280 g/mol. The molecule has 1 aliphatic rings. The Morgan fingerprint density at radius 2 is 2.29 bits per heavy atom. The maximum Gasteiger partial charge on any atom is 0.223 e. The fourth-order valence-electron chi connectivity index (χ4n) is 2.20. The lowest BCUT2D eigenvalue weighted by Crippen LogP contribution is -2.25. The van der Waals surface area contributed by atoms with E-state index >= 15 is 0 Å². The molecule has 1 fully saturated rings. The van der Waals surface area contributed by atoms with E-state index in [0.29, 0.717) is 18.9 Å². The molecule has 4 heteroatoms. The first-order valence-corrected chi connectivity index (χ1v) is 6.71. The van der Waals surface area contributed by atoms with Crippen molar-refractivity contribution in [1.82, 2.24) is 4.90 Å². The quantitative estimate of drug-likeness (QED) is 0.872. The van der Waals surface area contributed by atoms with Crippen LogP contribution in [0.25, 0.3) is 0 Å². The predicted octanol–water partition coefficient (Wildman–Crippen LogP) is 2.79. The van der Waals surface area contributed by atoms with Gasteiger partial charge in [-0.1, -0.05) is 35.3 Å². The molecule has 0 aromatic heterocycles. The van der Waals surface area contributed by atoms with E-state index in [9.17, 15) is 4.79 Å². The zero-order valence-corrected chi connectivity index (χ0v) is 11.5. The van der Waals surface area contributed by atoms with Crippen molar-refractivity contribution in [2.45, 2.75) is 26.3 Å². The van der Waals surface area contributed by atoms with Gasteiger partial charge >= 0.3 is 0 Å². The van der Waals surface area contributed by atoms with E-state index in [2.05, 4.69) is 22.9 Å². The van der Waals surface area contributed by atoms with E-state index in [4.69, 9.17) is 5.73 Å². The van der Waals surface area contributed by atoms with Gasteiger partial charge in [0, 0.05) is 29.7 Å². The molecule has 2 rings (SSSR count). The number of anilines is 1. The van der Waals surface area contributed by atoms with Gasteiger partial charge < -0.3 is 10.6 Å². The molecule has 1 heterocycles. The van der Waals surface area contributed by atoms with Crippen molar-refractivity contribution in [2.75, 3.05) is 12.3 Å². The van der Waals surface area contributed by atoms with Crippen LogP contribution in [0, 0.1) is 5.92 Å². The average Bonchev–Trinajstić information content (AvgIpc) is 2.64. The highest BCUT2D eigenvalue weighted by Crippen LogP contribution is 2.25. The second-order valence-electron chi connectivity index (χ2n) is 4.60. The van der Waals surface area contributed by atoms with E-state index in [0.717, 1.165) is 28.7 Å². The van der Waals surface area contributed by atoms with Crippen molar-refractivity contribution in [1.29, 1.82) is 0 Å². The molecule has 92 valence electrons. The molecular formula is C13H17BrN2O. The first-order chi connectivity index (χ1) is 8.10. The first-order valence-electron chi connectivity index (χ1n) is 5.91. The molecule has 1 amide bonds. The van der Waals surface area contributed by atoms with Gasteiger partial charge in [-0.2, -0.15) is 0 Å². The van der Waals surface area contributed by atoms with Gasteiger partial charge in [0.1, 0.15) is 0 Å². The number of hydrogen-bond donors (Lipinski definition) is 1. The maximum atomic E-state index is 11.8. The standard InChI is InChI=1S/C13H17BrN2O/c1-2-9-5-13(17)16(7-9)8-10-3-4-11(14)6-12(10)15/h3-4,6,9H,2,5,7-8,15H2,1H3. The molecule has 1 unspecified atom stereocenters. The molecule has 1 aliphatic heterocycles. The summed E-state index contributed by atoms with van der Waals surface area (Å²) in [6.07, 6.45) is 1.75. The van der Waals surface area contributed by atoms with Crippen molar-refractivity contribution >= 4 is 27.5 Å². The number of hydrogen-bond acceptors (Lipinski definition) is 2.